The maximum Gasteiger partial charge on any atom is 0.271 e. The molecular formula is C27H40ClN3O6S. The number of aliphatic hydroxyl groups excluding tert-OH is 1. The van der Waals surface area contributed by atoms with E-state index in [4.69, 9.17) is 27.0 Å². The first-order chi connectivity index (χ1) is 18.1. The van der Waals surface area contributed by atoms with Crippen molar-refractivity contribution < 1.29 is 27.8 Å². The Kier molecular flexibility index (Phi) is 13.5. The second kappa shape index (κ2) is 16.0. The van der Waals surface area contributed by atoms with Gasteiger partial charge in [-0.1, -0.05) is 44.2 Å². The van der Waals surface area contributed by atoms with Crippen molar-refractivity contribution in [2.45, 2.75) is 50.2 Å². The summed E-state index contributed by atoms with van der Waals surface area (Å²) in [6.45, 7) is 5.01. The normalized spacial score (nSPS) is 14.2. The van der Waals surface area contributed by atoms with Crippen molar-refractivity contribution in [3.05, 3.63) is 60.2 Å². The summed E-state index contributed by atoms with van der Waals surface area (Å²) in [4.78, 5) is 13.3. The molecule has 4 N–H and O–H groups in total. The number of nitrogens with one attached hydrogen (secondary N) is 1. The van der Waals surface area contributed by atoms with Gasteiger partial charge < -0.3 is 20.3 Å². The molecule has 0 spiro atoms. The average Bonchev–Trinajstić information content (AvgIpc) is 2.91. The zero-order valence-electron chi connectivity index (χ0n) is 22.3. The number of rotatable bonds is 17. The number of aliphatic hydroxyl groups is 1. The van der Waals surface area contributed by atoms with Crippen molar-refractivity contribution in [2.24, 2.45) is 17.6 Å². The van der Waals surface area contributed by atoms with E-state index in [2.05, 4.69) is 4.72 Å². The number of amides is 1. The van der Waals surface area contributed by atoms with E-state index in [0.29, 0.717) is 30.9 Å². The van der Waals surface area contributed by atoms with Gasteiger partial charge in [-0.15, -0.1) is 0 Å². The first kappa shape index (κ1) is 32.0. The zero-order chi connectivity index (χ0) is 28.1. The lowest BCUT2D eigenvalue weighted by atomic mass is 9.87. The number of para-hydroxylation sites is 1. The van der Waals surface area contributed by atoms with E-state index in [9.17, 15) is 18.3 Å². The standard InChI is InChI=1S/C27H40ClN3O6S/c1-20(2)21(17-24(29)25(32)18-30-38(34,35)22-11-5-4-6-12-22)19-31(28)27(33)23-13-7-8-14-26(23)37-16-10-9-15-36-3/h4-8,11-14,20-21,24-25,30,32H,9-10,15-19,29H2,1-3H3/t21-,24+,25+/m1/s1. The molecule has 0 aliphatic heterocycles. The van der Waals surface area contributed by atoms with E-state index in [1.54, 1.807) is 49.6 Å². The first-order valence-corrected chi connectivity index (χ1v) is 14.6. The lowest BCUT2D eigenvalue weighted by Crippen LogP contribution is -2.45. The molecule has 212 valence electrons. The lowest BCUT2D eigenvalue weighted by Gasteiger charge is -2.29. The third kappa shape index (κ3) is 10.2. The number of nitrogens with two attached hydrogens (primary N) is 1. The van der Waals surface area contributed by atoms with Crippen LogP contribution in [0.15, 0.2) is 59.5 Å². The Morgan fingerprint density at radius 3 is 2.37 bits per heavy atom. The molecule has 0 bridgehead atoms. The molecule has 11 heteroatoms. The van der Waals surface area contributed by atoms with E-state index in [0.717, 1.165) is 17.3 Å². The quantitative estimate of drug-likeness (QED) is 0.196. The van der Waals surface area contributed by atoms with E-state index in [-0.39, 0.29) is 29.8 Å². The van der Waals surface area contributed by atoms with Crippen molar-refractivity contribution >= 4 is 27.7 Å². The molecule has 2 rings (SSSR count). The van der Waals surface area contributed by atoms with Gasteiger partial charge in [0.15, 0.2) is 0 Å². The monoisotopic (exact) mass is 569 g/mol. The predicted octanol–water partition coefficient (Wildman–Crippen LogP) is 3.42. The van der Waals surface area contributed by atoms with Crippen molar-refractivity contribution in [3.63, 3.8) is 0 Å². The van der Waals surface area contributed by atoms with Gasteiger partial charge in [0.25, 0.3) is 5.91 Å². The molecule has 0 radical (unpaired) electrons. The minimum absolute atomic E-state index is 0.0931. The van der Waals surface area contributed by atoms with Crippen LogP contribution in [-0.2, 0) is 14.8 Å². The third-order valence-corrected chi connectivity index (χ3v) is 8.01. The van der Waals surface area contributed by atoms with Crippen molar-refractivity contribution in [2.75, 3.05) is 33.4 Å². The van der Waals surface area contributed by atoms with Crippen molar-refractivity contribution in [3.8, 4) is 5.75 Å². The molecular weight excluding hydrogens is 530 g/mol. The first-order valence-electron chi connectivity index (χ1n) is 12.7. The highest BCUT2D eigenvalue weighted by Crippen LogP contribution is 2.25. The molecule has 0 saturated heterocycles. The van der Waals surface area contributed by atoms with Crippen LogP contribution in [0.25, 0.3) is 0 Å². The topological polar surface area (TPSA) is 131 Å². The minimum atomic E-state index is -3.77. The highest BCUT2D eigenvalue weighted by atomic mass is 35.5. The summed E-state index contributed by atoms with van der Waals surface area (Å²) in [5.74, 6) is 0.0126. The van der Waals surface area contributed by atoms with Crippen LogP contribution in [0.1, 0.15) is 43.5 Å². The van der Waals surface area contributed by atoms with Gasteiger partial charge in [-0.2, -0.15) is 0 Å². The van der Waals surface area contributed by atoms with E-state index >= 15 is 0 Å². The molecule has 0 aliphatic rings. The van der Waals surface area contributed by atoms with Crippen molar-refractivity contribution in [1.82, 2.24) is 9.14 Å². The fourth-order valence-electron chi connectivity index (χ4n) is 3.81. The number of halogens is 1. The van der Waals surface area contributed by atoms with Crippen LogP contribution < -0.4 is 15.2 Å². The summed E-state index contributed by atoms with van der Waals surface area (Å²) in [6.07, 6.45) is 0.851. The molecule has 0 aromatic heterocycles. The fraction of sp³-hybridized carbons (Fsp3) is 0.519. The van der Waals surface area contributed by atoms with Gasteiger partial charge in [-0.25, -0.2) is 13.1 Å². The van der Waals surface area contributed by atoms with Crippen LogP contribution in [0, 0.1) is 11.8 Å². The van der Waals surface area contributed by atoms with Gasteiger partial charge in [0, 0.05) is 44.6 Å². The van der Waals surface area contributed by atoms with Crippen LogP contribution in [0.4, 0.5) is 0 Å². The summed E-state index contributed by atoms with van der Waals surface area (Å²) in [7, 11) is -2.12. The molecule has 38 heavy (non-hydrogen) atoms. The second-order valence-electron chi connectivity index (χ2n) is 9.53. The van der Waals surface area contributed by atoms with Gasteiger partial charge in [-0.05, 0) is 55.4 Å². The molecule has 0 unspecified atom stereocenters. The molecule has 3 atom stereocenters. The fourth-order valence-corrected chi connectivity index (χ4v) is 5.15. The van der Waals surface area contributed by atoms with Gasteiger partial charge >= 0.3 is 0 Å². The van der Waals surface area contributed by atoms with E-state index in [1.807, 2.05) is 13.8 Å². The number of unbranched alkanes of at least 4 members (excludes halogenated alkanes) is 1. The van der Waals surface area contributed by atoms with Crippen LogP contribution in [0.3, 0.4) is 0 Å². The van der Waals surface area contributed by atoms with Crippen LogP contribution in [0.2, 0.25) is 0 Å². The van der Waals surface area contributed by atoms with Gasteiger partial charge in [0.05, 0.1) is 23.2 Å². The summed E-state index contributed by atoms with van der Waals surface area (Å²) in [5.41, 5.74) is 6.60. The predicted molar refractivity (Wildman–Crippen MR) is 148 cm³/mol. The summed E-state index contributed by atoms with van der Waals surface area (Å²) in [6, 6.07) is 14.1. The second-order valence-corrected chi connectivity index (χ2v) is 11.7. The number of nitrogens with zero attached hydrogens (tertiary/aromatic N) is 1. The molecule has 0 saturated carbocycles. The van der Waals surface area contributed by atoms with Crippen LogP contribution in [0.5, 0.6) is 5.75 Å². The number of carbonyl (C=O) groups excluding carboxylic acids is 1. The zero-order valence-corrected chi connectivity index (χ0v) is 23.8. The molecule has 0 heterocycles. The number of carbonyl (C=O) groups is 1. The molecule has 2 aromatic rings. The van der Waals surface area contributed by atoms with Crippen LogP contribution in [-0.4, -0.2) is 69.4 Å². The summed E-state index contributed by atoms with van der Waals surface area (Å²) >= 11 is 6.45. The van der Waals surface area contributed by atoms with Gasteiger partial charge in [0.2, 0.25) is 10.0 Å². The lowest BCUT2D eigenvalue weighted by molar-refractivity contribution is 0.0816. The Balaban J connectivity index is 1.96. The summed E-state index contributed by atoms with van der Waals surface area (Å²) in [5, 5.41) is 10.6. The number of hydrogen-bond donors (Lipinski definition) is 3. The Morgan fingerprint density at radius 1 is 1.08 bits per heavy atom. The van der Waals surface area contributed by atoms with E-state index < -0.39 is 28.1 Å². The SMILES string of the molecule is COCCCCOc1ccccc1C(=O)N(Cl)C[C@@H](C[C@H](N)[C@@H](O)CNS(=O)(=O)c1ccccc1)C(C)C. The van der Waals surface area contributed by atoms with Crippen LogP contribution >= 0.6 is 11.8 Å². The largest absolute Gasteiger partial charge is 0.493 e. The smallest absolute Gasteiger partial charge is 0.271 e. The van der Waals surface area contributed by atoms with Gasteiger partial charge in [-0.3, -0.25) is 9.21 Å². The Hall–Kier alpha value is -2.21. The molecule has 1 amide bonds. The Bertz CT molecular complexity index is 1090. The molecule has 9 nitrogen and oxygen atoms in total. The number of benzene rings is 2. The Labute approximate surface area is 231 Å². The molecule has 2 aromatic carbocycles. The van der Waals surface area contributed by atoms with Crippen molar-refractivity contribution in [1.29, 1.82) is 0 Å². The average molecular weight is 570 g/mol. The molecule has 0 aliphatic carbocycles. The number of ether oxygens (including phenoxy) is 2. The molecule has 0 fully saturated rings. The maximum atomic E-state index is 13.2. The highest BCUT2D eigenvalue weighted by Gasteiger charge is 2.28. The Morgan fingerprint density at radius 2 is 1.71 bits per heavy atom. The highest BCUT2D eigenvalue weighted by molar-refractivity contribution is 7.89. The summed E-state index contributed by atoms with van der Waals surface area (Å²) < 4.78 is 39.3. The van der Waals surface area contributed by atoms with Gasteiger partial charge in [0.1, 0.15) is 5.75 Å². The number of methoxy groups -OCH3 is 1. The van der Waals surface area contributed by atoms with E-state index in [1.165, 1.54) is 12.1 Å². The number of hydrogen-bond acceptors (Lipinski definition) is 7. The maximum absolute atomic E-state index is 13.2. The minimum Gasteiger partial charge on any atom is -0.493 e. The number of sulfonamides is 1. The third-order valence-electron chi connectivity index (χ3n) is 6.28.